The van der Waals surface area contributed by atoms with Crippen LogP contribution in [-0.2, 0) is 34.0 Å². The smallest absolute Gasteiger partial charge is 0.243 e. The Kier molecular flexibility index (Phi) is 5.21. The van der Waals surface area contributed by atoms with Crippen LogP contribution in [0.4, 0.5) is 0 Å². The Morgan fingerprint density at radius 2 is 2.00 bits per heavy atom. The van der Waals surface area contributed by atoms with E-state index in [1.54, 1.807) is 13.2 Å². The zero-order valence-corrected chi connectivity index (χ0v) is 15.5. The molecule has 0 saturated carbocycles. The summed E-state index contributed by atoms with van der Waals surface area (Å²) in [6.07, 6.45) is 2.90. The number of rotatable bonds is 5. The summed E-state index contributed by atoms with van der Waals surface area (Å²) < 4.78 is 33.9. The highest BCUT2D eigenvalue weighted by Crippen LogP contribution is 2.25. The molecular weight excluding hydrogens is 342 g/mol. The van der Waals surface area contributed by atoms with Gasteiger partial charge in [-0.1, -0.05) is 11.2 Å². The van der Waals surface area contributed by atoms with Gasteiger partial charge in [0, 0.05) is 26.5 Å². The van der Waals surface area contributed by atoms with Gasteiger partial charge in [-0.3, -0.25) is 4.90 Å². The molecule has 7 nitrogen and oxygen atoms in total. The molecular formula is C17H23N3O4S. The van der Waals surface area contributed by atoms with Crippen molar-refractivity contribution in [2.45, 2.75) is 37.3 Å². The van der Waals surface area contributed by atoms with E-state index >= 15 is 0 Å². The number of ether oxygens (including phenoxy) is 1. The van der Waals surface area contributed by atoms with E-state index in [1.165, 1.54) is 11.8 Å². The maximum Gasteiger partial charge on any atom is 0.243 e. The van der Waals surface area contributed by atoms with Crippen LogP contribution in [0.1, 0.15) is 35.8 Å². The molecule has 0 radical (unpaired) electrons. The SMILES string of the molecule is COCc1noc(C(C)N2CCc3ccc(S(C)(=O)=O)cc3CC2)n1. The second-order valence-corrected chi connectivity index (χ2v) is 8.41. The average molecular weight is 365 g/mol. The summed E-state index contributed by atoms with van der Waals surface area (Å²) >= 11 is 0. The predicted molar refractivity (Wildman–Crippen MR) is 92.0 cm³/mol. The minimum Gasteiger partial charge on any atom is -0.377 e. The Bertz CT molecular complexity index is 847. The number of nitrogens with zero attached hydrogens (tertiary/aromatic N) is 3. The molecule has 1 unspecified atom stereocenters. The van der Waals surface area contributed by atoms with Crippen LogP contribution >= 0.6 is 0 Å². The lowest BCUT2D eigenvalue weighted by Gasteiger charge is -2.24. The maximum atomic E-state index is 11.8. The van der Waals surface area contributed by atoms with Gasteiger partial charge < -0.3 is 9.26 Å². The second kappa shape index (κ2) is 7.23. The van der Waals surface area contributed by atoms with Gasteiger partial charge in [0.25, 0.3) is 0 Å². The zero-order valence-electron chi connectivity index (χ0n) is 14.7. The monoisotopic (exact) mass is 365 g/mol. The van der Waals surface area contributed by atoms with Crippen molar-refractivity contribution in [3.05, 3.63) is 41.0 Å². The molecule has 3 rings (SSSR count). The largest absolute Gasteiger partial charge is 0.377 e. The van der Waals surface area contributed by atoms with Gasteiger partial charge in [-0.25, -0.2) is 8.42 Å². The third kappa shape index (κ3) is 4.08. The lowest BCUT2D eigenvalue weighted by atomic mass is 10.0. The van der Waals surface area contributed by atoms with Crippen molar-refractivity contribution >= 4 is 9.84 Å². The Morgan fingerprint density at radius 3 is 2.68 bits per heavy atom. The Morgan fingerprint density at radius 1 is 1.28 bits per heavy atom. The molecule has 1 aliphatic heterocycles. The summed E-state index contributed by atoms with van der Waals surface area (Å²) in [5.41, 5.74) is 2.30. The first-order chi connectivity index (χ1) is 11.9. The van der Waals surface area contributed by atoms with Gasteiger partial charge in [0.1, 0.15) is 6.61 Å². The van der Waals surface area contributed by atoms with E-state index < -0.39 is 9.84 Å². The minimum absolute atomic E-state index is 0.00166. The quantitative estimate of drug-likeness (QED) is 0.798. The predicted octanol–water partition coefficient (Wildman–Crippen LogP) is 1.78. The van der Waals surface area contributed by atoms with E-state index in [0.29, 0.717) is 23.2 Å². The van der Waals surface area contributed by atoms with Gasteiger partial charge in [-0.2, -0.15) is 4.98 Å². The molecule has 1 aromatic heterocycles. The zero-order chi connectivity index (χ0) is 18.0. The first kappa shape index (κ1) is 18.0. The number of fused-ring (bicyclic) bond motifs is 1. The van der Waals surface area contributed by atoms with Crippen LogP contribution < -0.4 is 0 Å². The molecule has 0 spiro atoms. The molecule has 1 aromatic carbocycles. The number of aromatic nitrogens is 2. The molecule has 25 heavy (non-hydrogen) atoms. The van der Waals surface area contributed by atoms with Gasteiger partial charge in [0.05, 0.1) is 10.9 Å². The van der Waals surface area contributed by atoms with E-state index in [-0.39, 0.29) is 6.04 Å². The highest BCUT2D eigenvalue weighted by atomic mass is 32.2. The first-order valence-electron chi connectivity index (χ1n) is 8.26. The van der Waals surface area contributed by atoms with Crippen LogP contribution in [0.2, 0.25) is 0 Å². The van der Waals surface area contributed by atoms with Crippen LogP contribution in [0.5, 0.6) is 0 Å². The third-order valence-electron chi connectivity index (χ3n) is 4.60. The summed E-state index contributed by atoms with van der Waals surface area (Å²) in [7, 11) is -1.59. The maximum absolute atomic E-state index is 11.8. The number of benzene rings is 1. The fourth-order valence-electron chi connectivity index (χ4n) is 3.12. The molecule has 136 valence electrons. The van der Waals surface area contributed by atoms with E-state index in [2.05, 4.69) is 15.0 Å². The summed E-state index contributed by atoms with van der Waals surface area (Å²) in [5, 5.41) is 3.92. The lowest BCUT2D eigenvalue weighted by molar-refractivity contribution is 0.171. The summed E-state index contributed by atoms with van der Waals surface area (Å²) in [6.45, 7) is 4.04. The molecule has 0 saturated heterocycles. The van der Waals surface area contributed by atoms with E-state index in [9.17, 15) is 8.42 Å². The average Bonchev–Trinajstić information content (AvgIpc) is 2.92. The van der Waals surface area contributed by atoms with Crippen LogP contribution in [-0.4, -0.2) is 49.9 Å². The van der Waals surface area contributed by atoms with Crippen LogP contribution in [0.15, 0.2) is 27.6 Å². The highest BCUT2D eigenvalue weighted by molar-refractivity contribution is 7.90. The Labute approximate surface area is 147 Å². The standard InChI is InChI=1S/C17H23N3O4S/c1-12(17-18-16(11-23-2)19-24-17)20-8-6-13-4-5-15(25(3,21)22)10-14(13)7-9-20/h4-5,10,12H,6-9,11H2,1-3H3. The minimum atomic E-state index is -3.18. The van der Waals surface area contributed by atoms with Gasteiger partial charge in [0.2, 0.25) is 5.89 Å². The molecule has 1 atom stereocenters. The van der Waals surface area contributed by atoms with E-state index in [4.69, 9.17) is 9.26 Å². The molecule has 0 aliphatic carbocycles. The first-order valence-corrected chi connectivity index (χ1v) is 10.1. The Balaban J connectivity index is 1.74. The van der Waals surface area contributed by atoms with Crippen molar-refractivity contribution in [3.8, 4) is 0 Å². The molecule has 2 heterocycles. The van der Waals surface area contributed by atoms with Crippen molar-refractivity contribution in [1.29, 1.82) is 0 Å². The molecule has 0 amide bonds. The number of methoxy groups -OCH3 is 1. The number of sulfone groups is 1. The van der Waals surface area contributed by atoms with Crippen LogP contribution in [0.25, 0.3) is 0 Å². The topological polar surface area (TPSA) is 85.5 Å². The fraction of sp³-hybridized carbons (Fsp3) is 0.529. The number of hydrogen-bond acceptors (Lipinski definition) is 7. The normalized spacial score (nSPS) is 17.1. The van der Waals surface area contributed by atoms with Crippen molar-refractivity contribution in [1.82, 2.24) is 15.0 Å². The molecule has 0 bridgehead atoms. The van der Waals surface area contributed by atoms with E-state index in [1.807, 2.05) is 19.1 Å². The second-order valence-electron chi connectivity index (χ2n) is 6.40. The molecule has 1 aliphatic rings. The van der Waals surface area contributed by atoms with Gasteiger partial charge in [-0.05, 0) is 43.0 Å². The van der Waals surface area contributed by atoms with E-state index in [0.717, 1.165) is 31.5 Å². The van der Waals surface area contributed by atoms with Crippen molar-refractivity contribution in [2.75, 3.05) is 26.5 Å². The van der Waals surface area contributed by atoms with Crippen molar-refractivity contribution < 1.29 is 17.7 Å². The molecule has 2 aromatic rings. The summed E-state index contributed by atoms with van der Waals surface area (Å²) in [4.78, 5) is 7.04. The molecule has 0 fully saturated rings. The fourth-order valence-corrected chi connectivity index (χ4v) is 3.79. The number of hydrogen-bond donors (Lipinski definition) is 0. The van der Waals surface area contributed by atoms with Gasteiger partial charge in [-0.15, -0.1) is 0 Å². The summed E-state index contributed by atoms with van der Waals surface area (Å²) in [5.74, 6) is 1.12. The lowest BCUT2D eigenvalue weighted by Crippen LogP contribution is -2.29. The van der Waals surface area contributed by atoms with Crippen LogP contribution in [0.3, 0.4) is 0 Å². The third-order valence-corrected chi connectivity index (χ3v) is 5.72. The van der Waals surface area contributed by atoms with Crippen LogP contribution in [0, 0.1) is 0 Å². The van der Waals surface area contributed by atoms with Gasteiger partial charge in [0.15, 0.2) is 15.7 Å². The van der Waals surface area contributed by atoms with Gasteiger partial charge >= 0.3 is 0 Å². The molecule has 8 heteroatoms. The highest BCUT2D eigenvalue weighted by Gasteiger charge is 2.24. The van der Waals surface area contributed by atoms with Crippen molar-refractivity contribution in [3.63, 3.8) is 0 Å². The van der Waals surface area contributed by atoms with Crippen molar-refractivity contribution in [2.24, 2.45) is 0 Å². The molecule has 0 N–H and O–H groups in total. The summed E-state index contributed by atoms with van der Waals surface area (Å²) in [6, 6.07) is 5.44. The Hall–Kier alpha value is -1.77.